The van der Waals surface area contributed by atoms with Crippen LogP contribution in [0.2, 0.25) is 0 Å². The van der Waals surface area contributed by atoms with Crippen LogP contribution in [0.15, 0.2) is 18.2 Å². The number of methoxy groups -OCH3 is 2. The summed E-state index contributed by atoms with van der Waals surface area (Å²) in [7, 11) is 2.52. The van der Waals surface area contributed by atoms with Crippen molar-refractivity contribution in [1.82, 2.24) is 0 Å². The number of rotatable bonds is 4. The van der Waals surface area contributed by atoms with Crippen LogP contribution in [0.3, 0.4) is 0 Å². The van der Waals surface area contributed by atoms with Gasteiger partial charge in [0.25, 0.3) is 0 Å². The van der Waals surface area contributed by atoms with Crippen LogP contribution >= 0.6 is 12.2 Å². The van der Waals surface area contributed by atoms with Crippen LogP contribution in [0.4, 0.5) is 18.9 Å². The molecule has 0 saturated heterocycles. The minimum atomic E-state index is -4.54. The molecular formula is C11H13F3N2O2S. The molecule has 106 valence electrons. The standard InChI is InChI=1S/C11H13F3N2O2S/c1-17-9(18-2)7-4-3-6(16-10(15)19)5-8(7)11(12,13)14/h3-5,9H,1-2H3,(H3,15,16,19). The summed E-state index contributed by atoms with van der Waals surface area (Å²) in [5, 5.41) is 2.33. The summed E-state index contributed by atoms with van der Waals surface area (Å²) in [5.74, 6) is 0. The molecule has 3 N–H and O–H groups in total. The smallest absolute Gasteiger partial charge is 0.376 e. The number of alkyl halides is 3. The average Bonchev–Trinajstić information content (AvgIpc) is 2.30. The van der Waals surface area contributed by atoms with Crippen molar-refractivity contribution in [2.24, 2.45) is 5.73 Å². The minimum absolute atomic E-state index is 0.115. The van der Waals surface area contributed by atoms with Crippen molar-refractivity contribution in [3.63, 3.8) is 0 Å². The maximum atomic E-state index is 13.0. The van der Waals surface area contributed by atoms with Gasteiger partial charge in [0.1, 0.15) is 0 Å². The van der Waals surface area contributed by atoms with E-state index in [2.05, 4.69) is 17.5 Å². The normalized spacial score (nSPS) is 11.7. The van der Waals surface area contributed by atoms with Gasteiger partial charge in [-0.05, 0) is 24.4 Å². The number of hydrogen-bond donors (Lipinski definition) is 2. The fraction of sp³-hybridized carbons (Fsp3) is 0.364. The summed E-state index contributed by atoms with van der Waals surface area (Å²) >= 11 is 4.58. The van der Waals surface area contributed by atoms with Crippen LogP contribution in [-0.2, 0) is 15.7 Å². The van der Waals surface area contributed by atoms with E-state index in [1.807, 2.05) is 0 Å². The lowest BCUT2D eigenvalue weighted by atomic mass is 10.1. The Morgan fingerprint density at radius 3 is 2.32 bits per heavy atom. The molecule has 0 fully saturated rings. The molecule has 0 aromatic heterocycles. The van der Waals surface area contributed by atoms with Crippen molar-refractivity contribution in [2.45, 2.75) is 12.5 Å². The van der Waals surface area contributed by atoms with Gasteiger partial charge in [0, 0.05) is 25.5 Å². The highest BCUT2D eigenvalue weighted by Gasteiger charge is 2.35. The zero-order chi connectivity index (χ0) is 14.6. The van der Waals surface area contributed by atoms with E-state index in [0.717, 1.165) is 6.07 Å². The predicted octanol–water partition coefficient (Wildman–Crippen LogP) is 2.65. The molecular weight excluding hydrogens is 281 g/mol. The Balaban J connectivity index is 3.28. The molecule has 1 aromatic carbocycles. The molecule has 0 atom stereocenters. The highest BCUT2D eigenvalue weighted by Crippen LogP contribution is 2.37. The molecule has 0 bridgehead atoms. The first-order chi connectivity index (χ1) is 8.79. The number of halogens is 3. The molecule has 0 amide bonds. The van der Waals surface area contributed by atoms with E-state index in [9.17, 15) is 13.2 Å². The van der Waals surface area contributed by atoms with Crippen molar-refractivity contribution >= 4 is 23.0 Å². The van der Waals surface area contributed by atoms with Crippen molar-refractivity contribution in [3.8, 4) is 0 Å². The lowest BCUT2D eigenvalue weighted by Crippen LogP contribution is -2.20. The van der Waals surface area contributed by atoms with Gasteiger partial charge >= 0.3 is 6.18 Å². The van der Waals surface area contributed by atoms with Gasteiger partial charge < -0.3 is 20.5 Å². The van der Waals surface area contributed by atoms with Gasteiger partial charge in [-0.3, -0.25) is 0 Å². The molecule has 19 heavy (non-hydrogen) atoms. The topological polar surface area (TPSA) is 56.5 Å². The lowest BCUT2D eigenvalue weighted by molar-refractivity contribution is -0.147. The molecule has 0 spiro atoms. The number of ether oxygens (including phenoxy) is 2. The molecule has 0 heterocycles. The molecule has 0 aliphatic carbocycles. The first-order valence-electron chi connectivity index (χ1n) is 5.12. The fourth-order valence-corrected chi connectivity index (χ4v) is 1.70. The van der Waals surface area contributed by atoms with Crippen LogP contribution in [0.25, 0.3) is 0 Å². The molecule has 1 aromatic rings. The zero-order valence-corrected chi connectivity index (χ0v) is 11.1. The van der Waals surface area contributed by atoms with Crippen LogP contribution in [0.1, 0.15) is 17.4 Å². The SMILES string of the molecule is COC(OC)c1ccc(NC(N)=S)cc1C(F)(F)F. The Bertz CT molecular complexity index is 462. The van der Waals surface area contributed by atoms with Gasteiger partial charge in [-0.15, -0.1) is 0 Å². The Hall–Kier alpha value is -1.38. The van der Waals surface area contributed by atoms with Crippen LogP contribution < -0.4 is 11.1 Å². The van der Waals surface area contributed by atoms with Gasteiger partial charge in [-0.25, -0.2) is 0 Å². The Morgan fingerprint density at radius 1 is 1.32 bits per heavy atom. The van der Waals surface area contributed by atoms with Gasteiger partial charge in [-0.2, -0.15) is 13.2 Å². The van der Waals surface area contributed by atoms with Gasteiger partial charge in [0.2, 0.25) is 0 Å². The second-order valence-electron chi connectivity index (χ2n) is 3.59. The molecule has 0 radical (unpaired) electrons. The summed E-state index contributed by atoms with van der Waals surface area (Å²) in [4.78, 5) is 0. The van der Waals surface area contributed by atoms with Crippen molar-refractivity contribution in [3.05, 3.63) is 29.3 Å². The third-order valence-corrected chi connectivity index (χ3v) is 2.41. The highest BCUT2D eigenvalue weighted by molar-refractivity contribution is 7.80. The quantitative estimate of drug-likeness (QED) is 0.660. The Morgan fingerprint density at radius 2 is 1.89 bits per heavy atom. The number of nitrogens with one attached hydrogen (secondary N) is 1. The van der Waals surface area contributed by atoms with E-state index in [1.165, 1.54) is 26.4 Å². The lowest BCUT2D eigenvalue weighted by Gasteiger charge is -2.20. The van der Waals surface area contributed by atoms with Gasteiger partial charge in [-0.1, -0.05) is 6.07 Å². The first-order valence-corrected chi connectivity index (χ1v) is 5.53. The first kappa shape index (κ1) is 15.7. The second-order valence-corrected chi connectivity index (χ2v) is 4.03. The summed E-state index contributed by atoms with van der Waals surface area (Å²) in [6.07, 6.45) is -5.64. The Labute approximate surface area is 113 Å². The number of benzene rings is 1. The third kappa shape index (κ3) is 4.05. The van der Waals surface area contributed by atoms with E-state index < -0.39 is 18.0 Å². The van der Waals surface area contributed by atoms with Crippen molar-refractivity contribution in [1.29, 1.82) is 0 Å². The molecule has 0 unspecified atom stereocenters. The zero-order valence-electron chi connectivity index (χ0n) is 10.2. The van der Waals surface area contributed by atoms with Crippen LogP contribution in [0.5, 0.6) is 0 Å². The number of hydrogen-bond acceptors (Lipinski definition) is 3. The summed E-state index contributed by atoms with van der Waals surface area (Å²) in [5.41, 5.74) is 4.38. The highest BCUT2D eigenvalue weighted by atomic mass is 32.1. The molecule has 0 aliphatic rings. The monoisotopic (exact) mass is 294 g/mol. The summed E-state index contributed by atoms with van der Waals surface area (Å²) in [6.45, 7) is 0. The predicted molar refractivity (Wildman–Crippen MR) is 68.6 cm³/mol. The summed E-state index contributed by atoms with van der Waals surface area (Å²) in [6, 6.07) is 3.56. The maximum Gasteiger partial charge on any atom is 0.416 e. The second kappa shape index (κ2) is 6.18. The van der Waals surface area contributed by atoms with E-state index in [4.69, 9.17) is 15.2 Å². The number of nitrogens with two attached hydrogens (primary N) is 1. The number of anilines is 1. The van der Waals surface area contributed by atoms with Gasteiger partial charge in [0.15, 0.2) is 11.4 Å². The van der Waals surface area contributed by atoms with E-state index in [1.54, 1.807) is 0 Å². The molecule has 8 heteroatoms. The average molecular weight is 294 g/mol. The number of thiocarbonyl (C=S) groups is 1. The fourth-order valence-electron chi connectivity index (χ4n) is 1.58. The van der Waals surface area contributed by atoms with Gasteiger partial charge in [0.05, 0.1) is 5.56 Å². The van der Waals surface area contributed by atoms with Crippen molar-refractivity contribution < 1.29 is 22.6 Å². The molecule has 4 nitrogen and oxygen atoms in total. The third-order valence-electron chi connectivity index (χ3n) is 2.31. The maximum absolute atomic E-state index is 13.0. The van der Waals surface area contributed by atoms with Crippen LogP contribution in [0, 0.1) is 0 Å². The minimum Gasteiger partial charge on any atom is -0.376 e. The molecule has 0 aliphatic heterocycles. The van der Waals surface area contributed by atoms with E-state index in [0.29, 0.717) is 0 Å². The van der Waals surface area contributed by atoms with E-state index in [-0.39, 0.29) is 16.4 Å². The van der Waals surface area contributed by atoms with Crippen LogP contribution in [-0.4, -0.2) is 19.3 Å². The van der Waals surface area contributed by atoms with Crippen molar-refractivity contribution in [2.75, 3.05) is 19.5 Å². The largest absolute Gasteiger partial charge is 0.416 e. The molecule has 0 saturated carbocycles. The van der Waals surface area contributed by atoms with E-state index >= 15 is 0 Å². The Kier molecular flexibility index (Phi) is 5.10. The molecule has 1 rings (SSSR count). The summed E-state index contributed by atoms with van der Waals surface area (Å²) < 4.78 is 48.7.